The second kappa shape index (κ2) is 7.20. The summed E-state index contributed by atoms with van der Waals surface area (Å²) in [6, 6.07) is 2.36. The molecule has 5 atom stereocenters. The Hall–Kier alpha value is -2.59. The Morgan fingerprint density at radius 3 is 2.44 bits per heavy atom. The van der Waals surface area contributed by atoms with Crippen molar-refractivity contribution >= 4 is 18.0 Å². The van der Waals surface area contributed by atoms with E-state index >= 15 is 0 Å². The quantitative estimate of drug-likeness (QED) is 0.770. The molecule has 0 radical (unpaired) electrons. The number of carbonyl (C=O) groups excluding carboxylic acids is 3. The Balaban J connectivity index is 2.07. The van der Waals surface area contributed by atoms with Gasteiger partial charge in [0.1, 0.15) is 11.9 Å². The van der Waals surface area contributed by atoms with Crippen LogP contribution in [0.4, 0.5) is 9.59 Å². The van der Waals surface area contributed by atoms with Crippen molar-refractivity contribution in [3.8, 4) is 0 Å². The first kappa shape index (κ1) is 19.2. The Bertz CT molecular complexity index is 714. The van der Waals surface area contributed by atoms with E-state index in [4.69, 9.17) is 18.6 Å². The van der Waals surface area contributed by atoms with Gasteiger partial charge in [-0.2, -0.15) is 0 Å². The van der Waals surface area contributed by atoms with Crippen LogP contribution in [0.2, 0.25) is 0 Å². The number of hydrogen-bond acceptors (Lipinski definition) is 9. The lowest BCUT2D eigenvalue weighted by Crippen LogP contribution is -2.70. The van der Waals surface area contributed by atoms with Crippen LogP contribution in [0.15, 0.2) is 22.8 Å². The summed E-state index contributed by atoms with van der Waals surface area (Å²) < 4.78 is 31.5. The minimum atomic E-state index is -1.18. The van der Waals surface area contributed by atoms with Gasteiger partial charge >= 0.3 is 12.2 Å². The maximum Gasteiger partial charge on any atom is 0.508 e. The van der Waals surface area contributed by atoms with Crippen molar-refractivity contribution in [2.24, 2.45) is 0 Å². The number of nitrogens with one attached hydrogen (secondary N) is 1. The molecule has 2 bridgehead atoms. The number of furan rings is 1. The lowest BCUT2D eigenvalue weighted by atomic mass is 9.75. The normalized spacial score (nSPS) is 31.7. The van der Waals surface area contributed by atoms with E-state index in [1.165, 1.54) is 13.4 Å². The number of carbonyl (C=O) groups is 3. The van der Waals surface area contributed by atoms with Crippen molar-refractivity contribution in [1.82, 2.24) is 5.32 Å². The summed E-state index contributed by atoms with van der Waals surface area (Å²) in [5, 5.41) is 2.60. The van der Waals surface area contributed by atoms with Gasteiger partial charge in [-0.05, 0) is 26.0 Å². The standard InChI is InChI=1S/C17H21NO9/c1-17(2)26-12-9(8-6-5-7-24-8)10(18-15(20)22-3)13(25-16(21)23-4)14(27-17)11(12)19/h5-7,9-10,12-14H,1-4H3,(H,18,20)/t9-,10-,12-,13+,14-/m1/s1. The molecule has 1 saturated carbocycles. The predicted octanol–water partition coefficient (Wildman–Crippen LogP) is 1.34. The average Bonchev–Trinajstić information content (AvgIpc) is 3.14. The van der Waals surface area contributed by atoms with Crippen LogP contribution < -0.4 is 5.32 Å². The second-order valence-corrected chi connectivity index (χ2v) is 6.62. The summed E-state index contributed by atoms with van der Waals surface area (Å²) in [5.41, 5.74) is 0. The lowest BCUT2D eigenvalue weighted by Gasteiger charge is -2.51. The van der Waals surface area contributed by atoms with Gasteiger partial charge in [-0.3, -0.25) is 4.79 Å². The monoisotopic (exact) mass is 383 g/mol. The zero-order valence-electron chi connectivity index (χ0n) is 15.3. The SMILES string of the molecule is COC(=O)N[C@H]1[C@H](OC(=O)OC)[C@@H]2OC(C)(C)O[C@@H](C2=O)[C@@H]1c1ccco1. The molecule has 1 aliphatic carbocycles. The summed E-state index contributed by atoms with van der Waals surface area (Å²) in [6.07, 6.45) is -3.69. The third-order valence-electron chi connectivity index (χ3n) is 4.49. The third-order valence-corrected chi connectivity index (χ3v) is 4.49. The molecule has 1 amide bonds. The van der Waals surface area contributed by atoms with E-state index in [-0.39, 0.29) is 0 Å². The van der Waals surface area contributed by atoms with Crippen LogP contribution >= 0.6 is 0 Å². The summed E-state index contributed by atoms with van der Waals surface area (Å²) in [5.74, 6) is -1.94. The first-order chi connectivity index (χ1) is 12.8. The van der Waals surface area contributed by atoms with Crippen molar-refractivity contribution in [3.05, 3.63) is 24.2 Å². The molecule has 1 aliphatic heterocycles. The number of ether oxygens (including phenoxy) is 5. The van der Waals surface area contributed by atoms with Gasteiger partial charge in [-0.1, -0.05) is 0 Å². The maximum atomic E-state index is 12.9. The molecule has 2 aliphatic rings. The smallest absolute Gasteiger partial charge is 0.469 e. The Kier molecular flexibility index (Phi) is 5.11. The van der Waals surface area contributed by atoms with Gasteiger partial charge in [-0.15, -0.1) is 0 Å². The fourth-order valence-electron chi connectivity index (χ4n) is 3.45. The Morgan fingerprint density at radius 1 is 1.15 bits per heavy atom. The highest BCUT2D eigenvalue weighted by Crippen LogP contribution is 2.43. The number of alkyl carbamates (subject to hydrolysis) is 1. The lowest BCUT2D eigenvalue weighted by molar-refractivity contribution is -0.309. The minimum Gasteiger partial charge on any atom is -0.469 e. The van der Waals surface area contributed by atoms with Gasteiger partial charge in [-0.25, -0.2) is 9.59 Å². The molecule has 1 aromatic heterocycles. The van der Waals surface area contributed by atoms with Gasteiger partial charge < -0.3 is 33.4 Å². The van der Waals surface area contributed by atoms with Crippen LogP contribution in [0, 0.1) is 0 Å². The molecular weight excluding hydrogens is 362 g/mol. The van der Waals surface area contributed by atoms with Crippen LogP contribution in [0.1, 0.15) is 25.5 Å². The average molecular weight is 383 g/mol. The van der Waals surface area contributed by atoms with E-state index in [0.717, 1.165) is 7.11 Å². The van der Waals surface area contributed by atoms with Gasteiger partial charge in [0.15, 0.2) is 23.8 Å². The number of fused-ring (bicyclic) bond motifs is 2. The Morgan fingerprint density at radius 2 is 1.85 bits per heavy atom. The van der Waals surface area contributed by atoms with E-state index in [1.54, 1.807) is 26.0 Å². The third kappa shape index (κ3) is 3.62. The molecule has 1 aromatic rings. The number of Topliss-reactive ketones (excluding diaryl/α,β-unsaturated/α-hetero) is 1. The van der Waals surface area contributed by atoms with Crippen molar-refractivity contribution < 1.29 is 42.5 Å². The highest BCUT2D eigenvalue weighted by molar-refractivity contribution is 5.91. The molecule has 0 aromatic carbocycles. The van der Waals surface area contributed by atoms with E-state index < -0.39 is 54.1 Å². The number of amides is 1. The molecule has 0 spiro atoms. The van der Waals surface area contributed by atoms with Crippen LogP contribution in [-0.4, -0.2) is 62.4 Å². The minimum absolute atomic E-state index is 0.379. The molecule has 10 nitrogen and oxygen atoms in total. The van der Waals surface area contributed by atoms with Crippen LogP contribution in [0.3, 0.4) is 0 Å². The first-order valence-corrected chi connectivity index (χ1v) is 8.29. The zero-order chi connectivity index (χ0) is 19.8. The largest absolute Gasteiger partial charge is 0.508 e. The molecule has 2 fully saturated rings. The van der Waals surface area contributed by atoms with Crippen LogP contribution in [0.25, 0.3) is 0 Å². The number of rotatable bonds is 3. The zero-order valence-corrected chi connectivity index (χ0v) is 15.3. The van der Waals surface area contributed by atoms with Crippen molar-refractivity contribution in [2.75, 3.05) is 14.2 Å². The van der Waals surface area contributed by atoms with E-state index in [0.29, 0.717) is 5.76 Å². The van der Waals surface area contributed by atoms with Crippen LogP contribution in [-0.2, 0) is 28.5 Å². The summed E-state index contributed by atoms with van der Waals surface area (Å²) >= 11 is 0. The van der Waals surface area contributed by atoms with Gasteiger partial charge in [0.2, 0.25) is 0 Å². The van der Waals surface area contributed by atoms with Gasteiger partial charge in [0, 0.05) is 0 Å². The highest BCUT2D eigenvalue weighted by atomic mass is 16.8. The van der Waals surface area contributed by atoms with Crippen molar-refractivity contribution in [2.45, 2.75) is 49.9 Å². The fraction of sp³-hybridized carbons (Fsp3) is 0.588. The second-order valence-electron chi connectivity index (χ2n) is 6.62. The fourth-order valence-corrected chi connectivity index (χ4v) is 3.45. The topological polar surface area (TPSA) is 123 Å². The number of ketones is 1. The molecule has 2 heterocycles. The predicted molar refractivity (Wildman–Crippen MR) is 86.9 cm³/mol. The molecule has 27 heavy (non-hydrogen) atoms. The summed E-state index contributed by atoms with van der Waals surface area (Å²) in [4.78, 5) is 36.6. The molecule has 3 rings (SSSR count). The van der Waals surface area contributed by atoms with E-state index in [2.05, 4.69) is 14.8 Å². The molecule has 1 saturated heterocycles. The van der Waals surface area contributed by atoms with Crippen molar-refractivity contribution in [3.63, 3.8) is 0 Å². The Labute approximate surface area is 155 Å². The van der Waals surface area contributed by atoms with E-state index in [1.807, 2.05) is 0 Å². The molecular formula is C17H21NO9. The van der Waals surface area contributed by atoms with Gasteiger partial charge in [0.05, 0.1) is 32.4 Å². The molecule has 1 N–H and O–H groups in total. The molecule has 148 valence electrons. The molecule has 0 unspecified atom stereocenters. The molecule has 10 heteroatoms. The first-order valence-electron chi connectivity index (χ1n) is 8.29. The van der Waals surface area contributed by atoms with E-state index in [9.17, 15) is 14.4 Å². The number of hydrogen-bond donors (Lipinski definition) is 1. The summed E-state index contributed by atoms with van der Waals surface area (Å²) in [6.45, 7) is 3.28. The van der Waals surface area contributed by atoms with Gasteiger partial charge in [0.25, 0.3) is 0 Å². The van der Waals surface area contributed by atoms with Crippen molar-refractivity contribution in [1.29, 1.82) is 0 Å². The maximum absolute atomic E-state index is 12.9. The van der Waals surface area contributed by atoms with Crippen LogP contribution in [0.5, 0.6) is 0 Å². The highest BCUT2D eigenvalue weighted by Gasteiger charge is 2.60. The summed E-state index contributed by atoms with van der Waals surface area (Å²) in [7, 11) is 2.33. The number of methoxy groups -OCH3 is 2.